The molecule has 6 heteroatoms. The molecule has 0 saturated carbocycles. The van der Waals surface area contributed by atoms with Gasteiger partial charge in [-0.25, -0.2) is 9.18 Å². The summed E-state index contributed by atoms with van der Waals surface area (Å²) in [6, 6.07) is 9.56. The summed E-state index contributed by atoms with van der Waals surface area (Å²) in [7, 11) is 1.30. The number of ether oxygens (including phenoxy) is 2. The first-order chi connectivity index (χ1) is 11.0. The highest BCUT2D eigenvalue weighted by Crippen LogP contribution is 2.35. The largest absolute Gasteiger partial charge is 0.486 e. The highest BCUT2D eigenvalue weighted by Gasteiger charge is 2.09. The molecular formula is C17H13BrClFO3. The Kier molecular flexibility index (Phi) is 6.19. The van der Waals surface area contributed by atoms with Gasteiger partial charge in [-0.1, -0.05) is 23.7 Å². The van der Waals surface area contributed by atoms with E-state index in [2.05, 4.69) is 20.7 Å². The van der Waals surface area contributed by atoms with Crippen molar-refractivity contribution in [3.63, 3.8) is 0 Å². The van der Waals surface area contributed by atoms with Crippen molar-refractivity contribution in [2.45, 2.75) is 6.61 Å². The average molecular weight is 400 g/mol. The second kappa shape index (κ2) is 8.13. The molecule has 0 N–H and O–H groups in total. The van der Waals surface area contributed by atoms with Gasteiger partial charge < -0.3 is 9.47 Å². The minimum atomic E-state index is -0.455. The fraction of sp³-hybridized carbons (Fsp3) is 0.118. The van der Waals surface area contributed by atoms with Crippen molar-refractivity contribution in [3.05, 3.63) is 68.9 Å². The molecule has 0 aliphatic heterocycles. The van der Waals surface area contributed by atoms with Crippen molar-refractivity contribution in [1.82, 2.24) is 0 Å². The first kappa shape index (κ1) is 17.5. The third-order valence-corrected chi connectivity index (χ3v) is 3.78. The van der Waals surface area contributed by atoms with Gasteiger partial charge in [-0.2, -0.15) is 0 Å². The molecule has 2 aromatic rings. The molecule has 0 unspecified atom stereocenters. The fourth-order valence-corrected chi connectivity index (χ4v) is 2.82. The van der Waals surface area contributed by atoms with Gasteiger partial charge in [-0.05, 0) is 57.4 Å². The molecular weight excluding hydrogens is 387 g/mol. The van der Waals surface area contributed by atoms with E-state index in [0.717, 1.165) is 0 Å². The van der Waals surface area contributed by atoms with Gasteiger partial charge in [0.25, 0.3) is 0 Å². The highest BCUT2D eigenvalue weighted by atomic mass is 79.9. The first-order valence-electron chi connectivity index (χ1n) is 6.62. The second-order valence-electron chi connectivity index (χ2n) is 4.59. The molecule has 0 heterocycles. The quantitative estimate of drug-likeness (QED) is 0.524. The standard InChI is InChI=1S/C17H13BrClFO3/c1-22-16(21)6-5-11-8-14(18)17(15(19)9-11)23-10-12-3-2-4-13(20)7-12/h2-9H,10H2,1H3/b6-5+. The molecule has 2 aromatic carbocycles. The summed E-state index contributed by atoms with van der Waals surface area (Å²) in [4.78, 5) is 11.1. The summed E-state index contributed by atoms with van der Waals surface area (Å²) >= 11 is 9.58. The van der Waals surface area contributed by atoms with Gasteiger partial charge in [-0.15, -0.1) is 0 Å². The summed E-state index contributed by atoms with van der Waals surface area (Å²) < 4.78 is 24.0. The maximum Gasteiger partial charge on any atom is 0.330 e. The minimum Gasteiger partial charge on any atom is -0.486 e. The highest BCUT2D eigenvalue weighted by molar-refractivity contribution is 9.10. The zero-order valence-corrected chi connectivity index (χ0v) is 14.5. The summed E-state index contributed by atoms with van der Waals surface area (Å²) in [5, 5.41) is 0.375. The van der Waals surface area contributed by atoms with E-state index in [9.17, 15) is 9.18 Å². The maximum atomic E-state index is 13.1. The van der Waals surface area contributed by atoms with Crippen LogP contribution in [0.5, 0.6) is 5.75 Å². The molecule has 0 fully saturated rings. The normalized spacial score (nSPS) is 10.8. The Hall–Kier alpha value is -1.85. The molecule has 0 spiro atoms. The Labute approximate surface area is 146 Å². The predicted octanol–water partition coefficient (Wildman–Crippen LogP) is 5.01. The van der Waals surface area contributed by atoms with Gasteiger partial charge in [0.15, 0.2) is 5.75 Å². The van der Waals surface area contributed by atoms with E-state index in [4.69, 9.17) is 16.3 Å². The lowest BCUT2D eigenvalue weighted by Gasteiger charge is -2.11. The van der Waals surface area contributed by atoms with Gasteiger partial charge in [0.05, 0.1) is 16.6 Å². The third-order valence-electron chi connectivity index (χ3n) is 2.91. The Morgan fingerprint density at radius 1 is 1.35 bits per heavy atom. The summed E-state index contributed by atoms with van der Waals surface area (Å²) in [5.41, 5.74) is 1.41. The van der Waals surface area contributed by atoms with Crippen LogP contribution < -0.4 is 4.74 Å². The number of halogens is 3. The number of rotatable bonds is 5. The van der Waals surface area contributed by atoms with E-state index < -0.39 is 5.97 Å². The minimum absolute atomic E-state index is 0.188. The monoisotopic (exact) mass is 398 g/mol. The number of esters is 1. The molecule has 0 aliphatic rings. The van der Waals surface area contributed by atoms with Crippen molar-refractivity contribution in [1.29, 1.82) is 0 Å². The number of benzene rings is 2. The van der Waals surface area contributed by atoms with Gasteiger partial charge >= 0.3 is 5.97 Å². The lowest BCUT2D eigenvalue weighted by atomic mass is 10.2. The number of carbonyl (C=O) groups is 1. The lowest BCUT2D eigenvalue weighted by molar-refractivity contribution is -0.134. The van der Waals surface area contributed by atoms with E-state index in [1.807, 2.05) is 0 Å². The van der Waals surface area contributed by atoms with E-state index in [0.29, 0.717) is 26.4 Å². The Bertz CT molecular complexity index is 723. The molecule has 0 aromatic heterocycles. The molecule has 0 bridgehead atoms. The smallest absolute Gasteiger partial charge is 0.330 e. The van der Waals surface area contributed by atoms with Gasteiger partial charge in [-0.3, -0.25) is 0 Å². The van der Waals surface area contributed by atoms with Gasteiger partial charge in [0.1, 0.15) is 12.4 Å². The van der Waals surface area contributed by atoms with Crippen molar-refractivity contribution in [2.24, 2.45) is 0 Å². The molecule has 2 rings (SSSR count). The van der Waals surface area contributed by atoms with Crippen LogP contribution in [0, 0.1) is 5.82 Å². The zero-order valence-electron chi connectivity index (χ0n) is 12.2. The molecule has 0 aliphatic carbocycles. The lowest BCUT2D eigenvalue weighted by Crippen LogP contribution is -1.98. The van der Waals surface area contributed by atoms with Crippen LogP contribution in [0.15, 0.2) is 46.9 Å². The van der Waals surface area contributed by atoms with Crippen LogP contribution in [0.1, 0.15) is 11.1 Å². The van der Waals surface area contributed by atoms with Crippen LogP contribution in [-0.4, -0.2) is 13.1 Å². The number of carbonyl (C=O) groups excluding carboxylic acids is 1. The van der Waals surface area contributed by atoms with Crippen LogP contribution in [0.25, 0.3) is 6.08 Å². The van der Waals surface area contributed by atoms with Crippen LogP contribution >= 0.6 is 27.5 Å². The number of methoxy groups -OCH3 is 1. The SMILES string of the molecule is COC(=O)/C=C/c1cc(Cl)c(OCc2cccc(F)c2)c(Br)c1. The van der Waals surface area contributed by atoms with Crippen molar-refractivity contribution in [2.75, 3.05) is 7.11 Å². The maximum absolute atomic E-state index is 13.1. The molecule has 0 saturated heterocycles. The average Bonchev–Trinajstić information content (AvgIpc) is 2.51. The van der Waals surface area contributed by atoms with Crippen LogP contribution in [0.3, 0.4) is 0 Å². The van der Waals surface area contributed by atoms with Crippen molar-refractivity contribution in [3.8, 4) is 5.75 Å². The van der Waals surface area contributed by atoms with Crippen molar-refractivity contribution >= 4 is 39.6 Å². The molecule has 120 valence electrons. The van der Waals surface area contributed by atoms with E-state index in [1.54, 1.807) is 30.3 Å². The molecule has 3 nitrogen and oxygen atoms in total. The zero-order chi connectivity index (χ0) is 16.8. The predicted molar refractivity (Wildman–Crippen MR) is 90.9 cm³/mol. The van der Waals surface area contributed by atoms with E-state index >= 15 is 0 Å². The summed E-state index contributed by atoms with van der Waals surface area (Å²) in [6.45, 7) is 0.188. The number of hydrogen-bond donors (Lipinski definition) is 0. The number of hydrogen-bond acceptors (Lipinski definition) is 3. The topological polar surface area (TPSA) is 35.5 Å². The Morgan fingerprint density at radius 2 is 2.13 bits per heavy atom. The van der Waals surface area contributed by atoms with Crippen LogP contribution in [-0.2, 0) is 16.1 Å². The van der Waals surface area contributed by atoms with E-state index in [1.165, 1.54) is 25.3 Å². The van der Waals surface area contributed by atoms with Crippen LogP contribution in [0.4, 0.5) is 4.39 Å². The molecule has 23 heavy (non-hydrogen) atoms. The second-order valence-corrected chi connectivity index (χ2v) is 5.85. The summed E-state index contributed by atoms with van der Waals surface area (Å²) in [5.74, 6) is -0.325. The third kappa shape index (κ3) is 5.08. The molecule has 0 amide bonds. The van der Waals surface area contributed by atoms with Gasteiger partial charge in [0.2, 0.25) is 0 Å². The summed E-state index contributed by atoms with van der Waals surface area (Å²) in [6.07, 6.45) is 2.88. The van der Waals surface area contributed by atoms with Gasteiger partial charge in [0, 0.05) is 6.08 Å². The van der Waals surface area contributed by atoms with Crippen molar-refractivity contribution < 1.29 is 18.7 Å². The fourth-order valence-electron chi connectivity index (χ4n) is 1.83. The Morgan fingerprint density at radius 3 is 2.78 bits per heavy atom. The first-order valence-corrected chi connectivity index (χ1v) is 7.79. The Balaban J connectivity index is 2.14. The molecule has 0 atom stereocenters. The van der Waals surface area contributed by atoms with E-state index in [-0.39, 0.29) is 12.4 Å². The van der Waals surface area contributed by atoms with Crippen LogP contribution in [0.2, 0.25) is 5.02 Å². The molecule has 0 radical (unpaired) electrons.